The molecule has 3 atom stereocenters. The molecule has 0 spiro atoms. The smallest absolute Gasteiger partial charge is 0.268 e. The van der Waals surface area contributed by atoms with E-state index in [2.05, 4.69) is 43.5 Å². The van der Waals surface area contributed by atoms with E-state index in [1.807, 2.05) is 27.2 Å². The molecule has 0 saturated carbocycles. The Kier molecular flexibility index (Phi) is 46.8. The van der Waals surface area contributed by atoms with Crippen LogP contribution in [-0.4, -0.2) is 68.5 Å². The van der Waals surface area contributed by atoms with Crippen molar-refractivity contribution in [3.8, 4) is 0 Å². The number of hydrogen-bond donors (Lipinski definition) is 2. The van der Waals surface area contributed by atoms with Crippen molar-refractivity contribution >= 4 is 13.7 Å². The first-order valence-corrected chi connectivity index (χ1v) is 29.3. The summed E-state index contributed by atoms with van der Waals surface area (Å²) in [5.41, 5.74) is 0. The Morgan fingerprint density at radius 3 is 1.25 bits per heavy atom. The van der Waals surface area contributed by atoms with Gasteiger partial charge in [-0.25, -0.2) is 0 Å². The minimum Gasteiger partial charge on any atom is -0.756 e. The maximum Gasteiger partial charge on any atom is 0.268 e. The molecule has 2 N–H and O–H groups in total. The summed E-state index contributed by atoms with van der Waals surface area (Å²) in [6.07, 6.45) is 60.8. The average molecular weight is 937 g/mol. The molecule has 0 saturated heterocycles. The van der Waals surface area contributed by atoms with Crippen molar-refractivity contribution in [2.75, 3.05) is 40.9 Å². The first-order valence-electron chi connectivity index (χ1n) is 27.9. The highest BCUT2D eigenvalue weighted by Crippen LogP contribution is 2.38. The fraction of sp³-hybridized carbons (Fsp3) is 0.875. The maximum atomic E-state index is 12.9. The van der Waals surface area contributed by atoms with Crippen molar-refractivity contribution < 1.29 is 32.9 Å². The molecule has 65 heavy (non-hydrogen) atoms. The van der Waals surface area contributed by atoms with Gasteiger partial charge in [0, 0.05) is 6.42 Å². The molecule has 0 fully saturated rings. The lowest BCUT2D eigenvalue weighted by Crippen LogP contribution is -2.45. The van der Waals surface area contributed by atoms with Crippen molar-refractivity contribution in [3.05, 3.63) is 36.5 Å². The summed E-state index contributed by atoms with van der Waals surface area (Å²) >= 11 is 0. The van der Waals surface area contributed by atoms with Gasteiger partial charge < -0.3 is 28.8 Å². The Hall–Kier alpha value is -1.28. The van der Waals surface area contributed by atoms with Crippen LogP contribution in [0.15, 0.2) is 36.5 Å². The predicted octanol–water partition coefficient (Wildman–Crippen LogP) is 16.0. The van der Waals surface area contributed by atoms with Gasteiger partial charge in [0.1, 0.15) is 13.2 Å². The number of rotatable bonds is 51. The van der Waals surface area contributed by atoms with Crippen LogP contribution in [0.3, 0.4) is 0 Å². The number of hydrogen-bond acceptors (Lipinski definition) is 6. The zero-order chi connectivity index (χ0) is 47.8. The molecule has 0 aromatic carbocycles. The van der Waals surface area contributed by atoms with Crippen molar-refractivity contribution in [2.24, 2.45) is 0 Å². The Labute approximate surface area is 404 Å². The number of quaternary nitrogens is 1. The van der Waals surface area contributed by atoms with Gasteiger partial charge in [-0.2, -0.15) is 0 Å². The van der Waals surface area contributed by atoms with E-state index >= 15 is 0 Å². The molecule has 9 heteroatoms. The molecule has 0 radical (unpaired) electrons. The topological polar surface area (TPSA) is 108 Å². The third-order valence-corrected chi connectivity index (χ3v) is 13.5. The average Bonchev–Trinajstić information content (AvgIpc) is 3.26. The molecule has 0 aliphatic carbocycles. The summed E-state index contributed by atoms with van der Waals surface area (Å²) in [7, 11) is 1.24. The third-order valence-electron chi connectivity index (χ3n) is 12.6. The van der Waals surface area contributed by atoms with E-state index in [1.54, 1.807) is 6.08 Å². The van der Waals surface area contributed by atoms with Crippen LogP contribution >= 0.6 is 7.82 Å². The fourth-order valence-corrected chi connectivity index (χ4v) is 8.91. The molecule has 0 aliphatic heterocycles. The Balaban J connectivity index is 4.29. The monoisotopic (exact) mass is 937 g/mol. The summed E-state index contributed by atoms with van der Waals surface area (Å²) in [6.45, 7) is 4.65. The van der Waals surface area contributed by atoms with E-state index in [1.165, 1.54) is 199 Å². The van der Waals surface area contributed by atoms with Gasteiger partial charge in [0.15, 0.2) is 0 Å². The minimum absolute atomic E-state index is 0.00748. The van der Waals surface area contributed by atoms with Gasteiger partial charge in [0.25, 0.3) is 7.82 Å². The molecule has 0 aromatic rings. The van der Waals surface area contributed by atoms with Crippen LogP contribution in [0.1, 0.15) is 264 Å². The van der Waals surface area contributed by atoms with Crippen molar-refractivity contribution in [2.45, 2.75) is 276 Å². The highest BCUT2D eigenvalue weighted by atomic mass is 31.2. The van der Waals surface area contributed by atoms with Crippen LogP contribution in [0.5, 0.6) is 0 Å². The number of likely N-dealkylation sites (N-methyl/N-ethyl adjacent to an activating group) is 1. The van der Waals surface area contributed by atoms with E-state index < -0.39 is 26.6 Å². The second-order valence-electron chi connectivity index (χ2n) is 20.3. The molecule has 384 valence electrons. The summed E-state index contributed by atoms with van der Waals surface area (Å²) in [4.78, 5) is 25.4. The van der Waals surface area contributed by atoms with Crippen LogP contribution in [0.25, 0.3) is 0 Å². The van der Waals surface area contributed by atoms with Crippen LogP contribution in [0.4, 0.5) is 0 Å². The van der Waals surface area contributed by atoms with Crippen LogP contribution in [0, 0.1) is 0 Å². The number of aliphatic hydroxyl groups is 1. The van der Waals surface area contributed by atoms with E-state index in [9.17, 15) is 19.4 Å². The van der Waals surface area contributed by atoms with Gasteiger partial charge in [-0.1, -0.05) is 249 Å². The van der Waals surface area contributed by atoms with Gasteiger partial charge in [-0.3, -0.25) is 9.36 Å². The lowest BCUT2D eigenvalue weighted by Gasteiger charge is -2.29. The summed E-state index contributed by atoms with van der Waals surface area (Å²) in [6, 6.07) is -0.907. The molecule has 0 rings (SSSR count). The number of aliphatic hydroxyl groups excluding tert-OH is 1. The number of unbranched alkanes of at least 4 members (excludes halogenated alkanes) is 34. The second kappa shape index (κ2) is 47.8. The van der Waals surface area contributed by atoms with Gasteiger partial charge >= 0.3 is 0 Å². The molecule has 0 heterocycles. The number of phosphoric acid groups is 1. The quantitative estimate of drug-likeness (QED) is 0.0272. The molecular formula is C56H109N2O6P. The van der Waals surface area contributed by atoms with Crippen molar-refractivity contribution in [3.63, 3.8) is 0 Å². The number of carbonyl (C=O) groups is 1. The first kappa shape index (κ1) is 63.7. The van der Waals surface area contributed by atoms with Crippen LogP contribution < -0.4 is 10.2 Å². The summed E-state index contributed by atoms with van der Waals surface area (Å²) in [5, 5.41) is 13.8. The number of nitrogens with zero attached hydrogens (tertiary/aromatic N) is 1. The molecule has 0 aliphatic rings. The zero-order valence-electron chi connectivity index (χ0n) is 43.7. The Morgan fingerprint density at radius 1 is 0.523 bits per heavy atom. The lowest BCUT2D eigenvalue weighted by atomic mass is 10.0. The van der Waals surface area contributed by atoms with Gasteiger partial charge in [-0.05, 0) is 44.9 Å². The number of allylic oxidation sites excluding steroid dienone is 5. The first-order chi connectivity index (χ1) is 31.5. The fourth-order valence-electron chi connectivity index (χ4n) is 8.19. The van der Waals surface area contributed by atoms with E-state index in [-0.39, 0.29) is 12.5 Å². The van der Waals surface area contributed by atoms with Crippen LogP contribution in [-0.2, 0) is 18.4 Å². The number of phosphoric ester groups is 1. The molecule has 1 amide bonds. The highest BCUT2D eigenvalue weighted by Gasteiger charge is 2.23. The lowest BCUT2D eigenvalue weighted by molar-refractivity contribution is -0.870. The molecule has 8 nitrogen and oxygen atoms in total. The third kappa shape index (κ3) is 50.4. The number of carbonyl (C=O) groups excluding carboxylic acids is 1. The molecule has 0 bridgehead atoms. The SMILES string of the molecule is CCCCCCCCCCCCCCCCCC/C=C/CC/C=C/CC/C=C/C(O)C(COP(=O)([O-])OCC[N+](C)(C)C)NC(=O)CCCCCCCCCCCCCCCCCCC. The Bertz CT molecular complexity index is 1150. The standard InChI is InChI=1S/C56H109N2O6P/c1-6-8-10-12-14-16-18-20-22-24-25-26-27-28-29-30-31-32-34-35-37-39-41-43-45-47-49-55(59)54(53-64-65(61,62)63-52-51-58(3,4)5)57-56(60)50-48-46-44-42-40-38-36-33-23-21-19-17-15-13-11-9-7-2/h32,34,39,41,47,49,54-55,59H,6-31,33,35-38,40,42-46,48,50-53H2,1-5H3,(H-,57,60,61,62)/b34-32+,41-39+,49-47+. The van der Waals surface area contributed by atoms with E-state index in [4.69, 9.17) is 9.05 Å². The summed E-state index contributed by atoms with van der Waals surface area (Å²) < 4.78 is 23.3. The number of amides is 1. The molecule has 0 aromatic heterocycles. The largest absolute Gasteiger partial charge is 0.756 e. The zero-order valence-corrected chi connectivity index (χ0v) is 44.6. The normalized spacial score (nSPS) is 14.3. The predicted molar refractivity (Wildman–Crippen MR) is 279 cm³/mol. The summed E-state index contributed by atoms with van der Waals surface area (Å²) in [5.74, 6) is -0.208. The second-order valence-corrected chi connectivity index (χ2v) is 21.7. The van der Waals surface area contributed by atoms with Gasteiger partial charge in [-0.15, -0.1) is 0 Å². The molecular weight excluding hydrogens is 828 g/mol. The number of nitrogens with one attached hydrogen (secondary N) is 1. The van der Waals surface area contributed by atoms with Crippen molar-refractivity contribution in [1.82, 2.24) is 5.32 Å². The minimum atomic E-state index is -4.60. The highest BCUT2D eigenvalue weighted by molar-refractivity contribution is 7.45. The van der Waals surface area contributed by atoms with E-state index in [0.29, 0.717) is 17.4 Å². The van der Waals surface area contributed by atoms with Crippen molar-refractivity contribution in [1.29, 1.82) is 0 Å². The van der Waals surface area contributed by atoms with E-state index in [0.717, 1.165) is 44.9 Å². The maximum absolute atomic E-state index is 12.9. The van der Waals surface area contributed by atoms with Gasteiger partial charge in [0.05, 0.1) is 39.9 Å². The van der Waals surface area contributed by atoms with Gasteiger partial charge in [0.2, 0.25) is 5.91 Å². The Morgan fingerprint density at radius 2 is 0.862 bits per heavy atom. The molecule has 3 unspecified atom stereocenters. The van der Waals surface area contributed by atoms with Crippen LogP contribution in [0.2, 0.25) is 0 Å².